The SMILES string of the molecule is Cc1cc(Cl)ccc1[C]=O. The Balaban J connectivity index is 3.19. The number of halogens is 1. The van der Waals surface area contributed by atoms with Crippen LogP contribution in [0.25, 0.3) is 0 Å². The van der Waals surface area contributed by atoms with E-state index in [9.17, 15) is 4.79 Å². The summed E-state index contributed by atoms with van der Waals surface area (Å²) < 4.78 is 0. The Kier molecular flexibility index (Phi) is 2.07. The van der Waals surface area contributed by atoms with Gasteiger partial charge in [0, 0.05) is 10.6 Å². The fraction of sp³-hybridized carbons (Fsp3) is 0.125. The summed E-state index contributed by atoms with van der Waals surface area (Å²) in [6.07, 6.45) is 1.81. The van der Waals surface area contributed by atoms with Crippen molar-refractivity contribution in [3.8, 4) is 0 Å². The van der Waals surface area contributed by atoms with E-state index in [0.29, 0.717) is 10.6 Å². The van der Waals surface area contributed by atoms with Gasteiger partial charge < -0.3 is 0 Å². The lowest BCUT2D eigenvalue weighted by Crippen LogP contribution is -1.84. The Labute approximate surface area is 64.6 Å². The molecule has 0 N–H and O–H groups in total. The molecule has 10 heavy (non-hydrogen) atoms. The average Bonchev–Trinajstić information content (AvgIpc) is 1.88. The number of carbonyl (C=O) groups excluding carboxylic acids is 1. The second kappa shape index (κ2) is 2.84. The Hall–Kier alpha value is -0.820. The van der Waals surface area contributed by atoms with Gasteiger partial charge in [-0.05, 0) is 30.7 Å². The summed E-state index contributed by atoms with van der Waals surface area (Å²) in [6, 6.07) is 5.07. The van der Waals surface area contributed by atoms with Crippen molar-refractivity contribution in [1.82, 2.24) is 0 Å². The van der Waals surface area contributed by atoms with Crippen LogP contribution in [0.2, 0.25) is 5.02 Å². The third-order valence-electron chi connectivity index (χ3n) is 1.30. The molecule has 0 aliphatic rings. The predicted octanol–water partition coefficient (Wildman–Crippen LogP) is 2.11. The molecule has 0 fully saturated rings. The molecule has 0 heterocycles. The zero-order valence-electron chi connectivity index (χ0n) is 5.52. The summed E-state index contributed by atoms with van der Waals surface area (Å²) in [7, 11) is 0. The first kappa shape index (κ1) is 7.29. The third kappa shape index (κ3) is 1.36. The fourth-order valence-corrected chi connectivity index (χ4v) is 0.968. The molecule has 0 aliphatic carbocycles. The number of hydrogen-bond acceptors (Lipinski definition) is 1. The quantitative estimate of drug-likeness (QED) is 0.604. The van der Waals surface area contributed by atoms with Gasteiger partial charge in [-0.2, -0.15) is 0 Å². The van der Waals surface area contributed by atoms with Gasteiger partial charge in [0.1, 0.15) is 0 Å². The van der Waals surface area contributed by atoms with Crippen molar-refractivity contribution in [2.24, 2.45) is 0 Å². The first-order chi connectivity index (χ1) is 4.74. The Morgan fingerprint density at radius 3 is 2.70 bits per heavy atom. The summed E-state index contributed by atoms with van der Waals surface area (Å²) in [5.41, 5.74) is 1.44. The van der Waals surface area contributed by atoms with Crippen LogP contribution in [0, 0.1) is 6.92 Å². The van der Waals surface area contributed by atoms with Gasteiger partial charge in [-0.15, -0.1) is 0 Å². The van der Waals surface area contributed by atoms with E-state index in [1.54, 1.807) is 18.2 Å². The molecule has 1 nitrogen and oxygen atoms in total. The lowest BCUT2D eigenvalue weighted by atomic mass is 10.1. The standard InChI is InChI=1S/C8H6ClO/c1-6-4-8(9)3-2-7(6)5-10/h2-4H,1H3. The number of hydrogen-bond donors (Lipinski definition) is 0. The minimum Gasteiger partial charge on any atom is -0.285 e. The van der Waals surface area contributed by atoms with Crippen LogP contribution in [0.1, 0.15) is 11.1 Å². The van der Waals surface area contributed by atoms with Crippen LogP contribution in [0.3, 0.4) is 0 Å². The van der Waals surface area contributed by atoms with Crippen LogP contribution in [0.5, 0.6) is 0 Å². The minimum absolute atomic E-state index is 0.574. The van der Waals surface area contributed by atoms with Crippen molar-refractivity contribution in [3.63, 3.8) is 0 Å². The maximum Gasteiger partial charge on any atom is 0.233 e. The molecule has 0 saturated carbocycles. The maximum absolute atomic E-state index is 10.2. The maximum atomic E-state index is 10.2. The molecule has 0 spiro atoms. The first-order valence-corrected chi connectivity index (χ1v) is 3.26. The topological polar surface area (TPSA) is 17.1 Å². The van der Waals surface area contributed by atoms with Crippen LogP contribution in [-0.2, 0) is 4.79 Å². The lowest BCUT2D eigenvalue weighted by Gasteiger charge is -1.95. The van der Waals surface area contributed by atoms with E-state index in [2.05, 4.69) is 0 Å². The second-order valence-electron chi connectivity index (χ2n) is 2.06. The van der Waals surface area contributed by atoms with Gasteiger partial charge >= 0.3 is 0 Å². The van der Waals surface area contributed by atoms with Gasteiger partial charge in [0.15, 0.2) is 0 Å². The minimum atomic E-state index is 0.574. The molecule has 0 aliphatic heterocycles. The zero-order chi connectivity index (χ0) is 7.56. The average molecular weight is 154 g/mol. The van der Waals surface area contributed by atoms with Crippen molar-refractivity contribution in [3.05, 3.63) is 34.3 Å². The number of rotatable bonds is 1. The van der Waals surface area contributed by atoms with Crippen molar-refractivity contribution in [2.45, 2.75) is 6.92 Å². The molecule has 51 valence electrons. The van der Waals surface area contributed by atoms with E-state index in [1.807, 2.05) is 13.2 Å². The second-order valence-corrected chi connectivity index (χ2v) is 2.50. The Bertz CT molecular complexity index is 255. The Morgan fingerprint density at radius 2 is 2.20 bits per heavy atom. The summed E-state index contributed by atoms with van der Waals surface area (Å²) in [5, 5.41) is 0.650. The molecule has 1 aromatic carbocycles. The molecule has 0 aromatic heterocycles. The van der Waals surface area contributed by atoms with Crippen molar-refractivity contribution < 1.29 is 4.79 Å². The van der Waals surface area contributed by atoms with E-state index in [4.69, 9.17) is 11.6 Å². The molecule has 0 atom stereocenters. The van der Waals surface area contributed by atoms with Gasteiger partial charge in [0.2, 0.25) is 6.29 Å². The smallest absolute Gasteiger partial charge is 0.233 e. The number of aryl methyl sites for hydroxylation is 1. The molecule has 0 saturated heterocycles. The van der Waals surface area contributed by atoms with Gasteiger partial charge in [0.05, 0.1) is 0 Å². The highest BCUT2D eigenvalue weighted by Gasteiger charge is 1.96. The van der Waals surface area contributed by atoms with Crippen LogP contribution in [0.4, 0.5) is 0 Å². The van der Waals surface area contributed by atoms with E-state index in [0.717, 1.165) is 5.56 Å². The van der Waals surface area contributed by atoms with E-state index in [-0.39, 0.29) is 0 Å². The largest absolute Gasteiger partial charge is 0.285 e. The predicted molar refractivity (Wildman–Crippen MR) is 41.0 cm³/mol. The van der Waals surface area contributed by atoms with Crippen LogP contribution < -0.4 is 0 Å². The van der Waals surface area contributed by atoms with Crippen LogP contribution in [0.15, 0.2) is 18.2 Å². The highest BCUT2D eigenvalue weighted by Crippen LogP contribution is 2.12. The number of benzene rings is 1. The highest BCUT2D eigenvalue weighted by atomic mass is 35.5. The van der Waals surface area contributed by atoms with Crippen molar-refractivity contribution >= 4 is 17.9 Å². The van der Waals surface area contributed by atoms with Gasteiger partial charge in [-0.1, -0.05) is 11.6 Å². The molecular formula is C8H6ClO. The summed E-state index contributed by atoms with van der Waals surface area (Å²) in [6.45, 7) is 1.83. The molecule has 2 heteroatoms. The monoisotopic (exact) mass is 153 g/mol. The zero-order valence-corrected chi connectivity index (χ0v) is 6.27. The molecule has 0 amide bonds. The van der Waals surface area contributed by atoms with Crippen molar-refractivity contribution in [2.75, 3.05) is 0 Å². The van der Waals surface area contributed by atoms with Gasteiger partial charge in [-0.3, -0.25) is 4.79 Å². The van der Waals surface area contributed by atoms with E-state index >= 15 is 0 Å². The van der Waals surface area contributed by atoms with Gasteiger partial charge in [0.25, 0.3) is 0 Å². The molecule has 1 radical (unpaired) electrons. The fourth-order valence-electron chi connectivity index (χ4n) is 0.742. The van der Waals surface area contributed by atoms with Crippen LogP contribution >= 0.6 is 11.6 Å². The highest BCUT2D eigenvalue weighted by molar-refractivity contribution is 6.30. The molecule has 1 rings (SSSR count). The van der Waals surface area contributed by atoms with Gasteiger partial charge in [-0.25, -0.2) is 0 Å². The molecule has 0 unspecified atom stereocenters. The molecule has 0 bridgehead atoms. The van der Waals surface area contributed by atoms with E-state index in [1.165, 1.54) is 0 Å². The normalized spacial score (nSPS) is 9.40. The third-order valence-corrected chi connectivity index (χ3v) is 1.53. The van der Waals surface area contributed by atoms with E-state index < -0.39 is 0 Å². The molecular weight excluding hydrogens is 148 g/mol. The first-order valence-electron chi connectivity index (χ1n) is 2.88. The summed E-state index contributed by atoms with van der Waals surface area (Å²) in [5.74, 6) is 0. The molecule has 1 aromatic rings. The Morgan fingerprint density at radius 1 is 1.50 bits per heavy atom. The lowest BCUT2D eigenvalue weighted by molar-refractivity contribution is 0.562. The summed E-state index contributed by atoms with van der Waals surface area (Å²) in [4.78, 5) is 10.2. The van der Waals surface area contributed by atoms with Crippen LogP contribution in [-0.4, -0.2) is 6.29 Å². The van der Waals surface area contributed by atoms with Crippen molar-refractivity contribution in [1.29, 1.82) is 0 Å². The summed E-state index contributed by atoms with van der Waals surface area (Å²) >= 11 is 5.64.